The molecule has 2 aromatic rings. The van der Waals surface area contributed by atoms with Gasteiger partial charge >= 0.3 is 0 Å². The molecule has 4 rings (SSSR count). The van der Waals surface area contributed by atoms with Crippen molar-refractivity contribution in [1.82, 2.24) is 15.2 Å². The fourth-order valence-corrected chi connectivity index (χ4v) is 4.59. The van der Waals surface area contributed by atoms with Crippen LogP contribution in [0.4, 0.5) is 0 Å². The zero-order valence-corrected chi connectivity index (χ0v) is 18.2. The number of ether oxygens (including phenoxy) is 3. The number of hydrogen-bond donors (Lipinski definition) is 1. The topological polar surface area (TPSA) is 72.9 Å². The van der Waals surface area contributed by atoms with Crippen LogP contribution in [0, 0.1) is 12.8 Å². The number of aryl methyl sites for hydroxylation is 1. The van der Waals surface area contributed by atoms with E-state index in [2.05, 4.69) is 15.2 Å². The average Bonchev–Trinajstić information content (AvgIpc) is 3.45. The van der Waals surface area contributed by atoms with Crippen molar-refractivity contribution in [2.24, 2.45) is 5.92 Å². The molecule has 0 saturated carbocycles. The summed E-state index contributed by atoms with van der Waals surface area (Å²) in [4.78, 5) is 19.5. The van der Waals surface area contributed by atoms with Crippen LogP contribution in [0.2, 0.25) is 0 Å². The minimum absolute atomic E-state index is 0.0612. The lowest BCUT2D eigenvalue weighted by atomic mass is 9.96. The summed E-state index contributed by atoms with van der Waals surface area (Å²) in [6, 6.07) is 7.56. The van der Waals surface area contributed by atoms with Crippen LogP contribution in [-0.4, -0.2) is 67.9 Å². The molecule has 8 heteroatoms. The van der Waals surface area contributed by atoms with Crippen LogP contribution >= 0.6 is 11.3 Å². The highest BCUT2D eigenvalue weighted by Gasteiger charge is 2.31. The molecule has 2 atom stereocenters. The van der Waals surface area contributed by atoms with E-state index in [0.717, 1.165) is 62.4 Å². The second kappa shape index (κ2) is 10.3. The summed E-state index contributed by atoms with van der Waals surface area (Å²) in [6.07, 6.45) is 1.04. The second-order valence-electron chi connectivity index (χ2n) is 7.72. The van der Waals surface area contributed by atoms with Crippen molar-refractivity contribution in [2.45, 2.75) is 26.0 Å². The van der Waals surface area contributed by atoms with Crippen molar-refractivity contribution in [1.29, 1.82) is 0 Å². The summed E-state index contributed by atoms with van der Waals surface area (Å²) < 4.78 is 16.9. The Hall–Kier alpha value is -2.00. The first-order valence-corrected chi connectivity index (χ1v) is 11.4. The molecule has 1 amide bonds. The van der Waals surface area contributed by atoms with Crippen LogP contribution in [-0.2, 0) is 16.1 Å². The number of carbonyl (C=O) groups excluding carboxylic acids is 1. The number of hydrogen-bond acceptors (Lipinski definition) is 7. The smallest absolute Gasteiger partial charge is 0.251 e. The highest BCUT2D eigenvalue weighted by molar-refractivity contribution is 7.09. The summed E-state index contributed by atoms with van der Waals surface area (Å²) in [5.41, 5.74) is 1.56. The quantitative estimate of drug-likeness (QED) is 0.692. The molecule has 2 saturated heterocycles. The van der Waals surface area contributed by atoms with Crippen molar-refractivity contribution in [3.8, 4) is 5.75 Å². The van der Waals surface area contributed by atoms with E-state index in [4.69, 9.17) is 14.2 Å². The van der Waals surface area contributed by atoms with Gasteiger partial charge in [0.05, 0.1) is 30.5 Å². The summed E-state index contributed by atoms with van der Waals surface area (Å²) >= 11 is 1.61. The van der Waals surface area contributed by atoms with Gasteiger partial charge in [0.2, 0.25) is 0 Å². The lowest BCUT2D eigenvalue weighted by molar-refractivity contribution is 0.00166. The largest absolute Gasteiger partial charge is 0.487 e. The van der Waals surface area contributed by atoms with Crippen LogP contribution in [0.3, 0.4) is 0 Å². The van der Waals surface area contributed by atoms with Crippen molar-refractivity contribution in [3.05, 3.63) is 45.9 Å². The van der Waals surface area contributed by atoms with E-state index in [-0.39, 0.29) is 11.9 Å². The Bertz CT molecular complexity index is 814. The number of benzene rings is 1. The number of nitrogens with zero attached hydrogens (tertiary/aromatic N) is 2. The number of carbonyl (C=O) groups is 1. The molecule has 0 aliphatic carbocycles. The molecule has 0 spiro atoms. The van der Waals surface area contributed by atoms with Crippen LogP contribution in [0.25, 0.3) is 0 Å². The maximum atomic E-state index is 12.7. The third kappa shape index (κ3) is 5.57. The molecule has 2 unspecified atom stereocenters. The summed E-state index contributed by atoms with van der Waals surface area (Å²) in [7, 11) is 0. The highest BCUT2D eigenvalue weighted by atomic mass is 32.1. The Morgan fingerprint density at radius 1 is 1.27 bits per heavy atom. The van der Waals surface area contributed by atoms with Gasteiger partial charge < -0.3 is 19.5 Å². The predicted octanol–water partition coefficient (Wildman–Crippen LogP) is 2.50. The normalized spacial score (nSPS) is 20.8. The standard InChI is InChI=1S/C22H29N3O4S/c1-16-24-19(15-30-16)14-29-20-4-2-17(3-5-20)22(26)23-12-21(18-6-9-28-13-18)25-7-10-27-11-8-25/h2-5,15,18,21H,6-14H2,1H3,(H,23,26). The van der Waals surface area contributed by atoms with E-state index in [1.807, 2.05) is 24.4 Å². The molecular weight excluding hydrogens is 402 g/mol. The van der Waals surface area contributed by atoms with Gasteiger partial charge in [0.15, 0.2) is 0 Å². The first-order valence-electron chi connectivity index (χ1n) is 10.5. The average molecular weight is 432 g/mol. The maximum Gasteiger partial charge on any atom is 0.251 e. The van der Waals surface area contributed by atoms with E-state index in [9.17, 15) is 4.79 Å². The zero-order valence-electron chi connectivity index (χ0n) is 17.3. The Balaban J connectivity index is 1.30. The second-order valence-corrected chi connectivity index (χ2v) is 8.78. The van der Waals surface area contributed by atoms with Gasteiger partial charge in [-0.05, 0) is 37.6 Å². The van der Waals surface area contributed by atoms with Gasteiger partial charge in [-0.25, -0.2) is 4.98 Å². The molecule has 1 aromatic carbocycles. The number of amides is 1. The van der Waals surface area contributed by atoms with E-state index in [1.54, 1.807) is 23.5 Å². The number of morpholine rings is 1. The number of thiazole rings is 1. The molecule has 0 bridgehead atoms. The van der Waals surface area contributed by atoms with Gasteiger partial charge in [-0.15, -0.1) is 11.3 Å². The zero-order chi connectivity index (χ0) is 20.8. The van der Waals surface area contributed by atoms with Crippen LogP contribution in [0.5, 0.6) is 5.75 Å². The summed E-state index contributed by atoms with van der Waals surface area (Å²) in [5.74, 6) is 1.12. The molecule has 7 nitrogen and oxygen atoms in total. The van der Waals surface area contributed by atoms with Gasteiger partial charge in [-0.3, -0.25) is 9.69 Å². The molecular formula is C22H29N3O4S. The van der Waals surface area contributed by atoms with E-state index < -0.39 is 0 Å². The summed E-state index contributed by atoms with van der Waals surface area (Å²) in [6.45, 7) is 7.91. The van der Waals surface area contributed by atoms with Gasteiger partial charge in [0.25, 0.3) is 5.91 Å². The van der Waals surface area contributed by atoms with Gasteiger partial charge in [0.1, 0.15) is 12.4 Å². The molecule has 30 heavy (non-hydrogen) atoms. The number of nitrogens with one attached hydrogen (secondary N) is 1. The fraction of sp³-hybridized carbons (Fsp3) is 0.545. The first-order chi connectivity index (χ1) is 14.7. The fourth-order valence-electron chi connectivity index (χ4n) is 3.99. The predicted molar refractivity (Wildman–Crippen MR) is 115 cm³/mol. The third-order valence-corrected chi connectivity index (χ3v) is 6.49. The highest BCUT2D eigenvalue weighted by Crippen LogP contribution is 2.22. The summed E-state index contributed by atoms with van der Waals surface area (Å²) in [5, 5.41) is 6.15. The van der Waals surface area contributed by atoms with Crippen molar-refractivity contribution in [3.63, 3.8) is 0 Å². The molecule has 2 fully saturated rings. The maximum absolute atomic E-state index is 12.7. The minimum Gasteiger partial charge on any atom is -0.487 e. The first kappa shape index (κ1) is 21.2. The van der Waals surface area contributed by atoms with Gasteiger partial charge in [-0.1, -0.05) is 0 Å². The lowest BCUT2D eigenvalue weighted by Gasteiger charge is -2.37. The molecule has 162 valence electrons. The molecule has 3 heterocycles. The van der Waals surface area contributed by atoms with Crippen LogP contribution < -0.4 is 10.1 Å². The number of rotatable bonds is 8. The number of aromatic nitrogens is 1. The third-order valence-electron chi connectivity index (χ3n) is 5.67. The Morgan fingerprint density at radius 2 is 2.07 bits per heavy atom. The van der Waals surface area contributed by atoms with E-state index >= 15 is 0 Å². The van der Waals surface area contributed by atoms with Crippen molar-refractivity contribution in [2.75, 3.05) is 46.1 Å². The molecule has 2 aliphatic rings. The molecule has 1 aromatic heterocycles. The molecule has 0 radical (unpaired) electrons. The Morgan fingerprint density at radius 3 is 2.73 bits per heavy atom. The van der Waals surface area contributed by atoms with Crippen molar-refractivity contribution < 1.29 is 19.0 Å². The Labute approximate surface area is 181 Å². The van der Waals surface area contributed by atoms with Crippen molar-refractivity contribution >= 4 is 17.2 Å². The van der Waals surface area contributed by atoms with Crippen LogP contribution in [0.15, 0.2) is 29.6 Å². The lowest BCUT2D eigenvalue weighted by Crippen LogP contribution is -2.52. The minimum atomic E-state index is -0.0612. The van der Waals surface area contributed by atoms with Gasteiger partial charge in [0, 0.05) is 49.1 Å². The molecule has 1 N–H and O–H groups in total. The van der Waals surface area contributed by atoms with Crippen LogP contribution in [0.1, 0.15) is 27.5 Å². The monoisotopic (exact) mass is 431 g/mol. The van der Waals surface area contributed by atoms with Gasteiger partial charge in [-0.2, -0.15) is 0 Å². The van der Waals surface area contributed by atoms with E-state index in [0.29, 0.717) is 24.6 Å². The Kier molecular flexibility index (Phi) is 7.33. The SMILES string of the molecule is Cc1nc(COc2ccc(C(=O)NCC(C3CCOC3)N3CCOCC3)cc2)cs1. The molecule has 2 aliphatic heterocycles. The van der Waals surface area contributed by atoms with E-state index in [1.165, 1.54) is 0 Å².